The van der Waals surface area contributed by atoms with Crippen molar-refractivity contribution in [1.82, 2.24) is 10.2 Å². The van der Waals surface area contributed by atoms with Crippen molar-refractivity contribution in [3.05, 3.63) is 7.05 Å². The van der Waals surface area contributed by atoms with E-state index in [4.69, 9.17) is 0 Å². The molecule has 1 aliphatic heterocycles. The highest BCUT2D eigenvalue weighted by Gasteiger charge is 2.18. The smallest absolute Gasteiger partial charge is 0.00919 e. The van der Waals surface area contributed by atoms with Crippen LogP contribution in [0.3, 0.4) is 0 Å². The lowest BCUT2D eigenvalue weighted by molar-refractivity contribution is 0.165. The lowest BCUT2D eigenvalue weighted by Crippen LogP contribution is -2.43. The van der Waals surface area contributed by atoms with Crippen molar-refractivity contribution < 1.29 is 0 Å². The standard InChI is InChI=1S/C9H19N2/c1-8(2)11-6-4-9(10-3)5-7-11/h8-10H,3-7H2,1-2H3. The van der Waals surface area contributed by atoms with Crippen molar-refractivity contribution in [3.8, 4) is 0 Å². The Bertz CT molecular complexity index is 104. The number of nitrogens with one attached hydrogen (secondary N) is 1. The van der Waals surface area contributed by atoms with Gasteiger partial charge in [-0.25, -0.2) is 0 Å². The van der Waals surface area contributed by atoms with Crippen molar-refractivity contribution >= 4 is 0 Å². The van der Waals surface area contributed by atoms with E-state index in [1.54, 1.807) is 0 Å². The van der Waals surface area contributed by atoms with Crippen molar-refractivity contribution in [2.24, 2.45) is 0 Å². The third-order valence-corrected chi connectivity index (χ3v) is 2.55. The van der Waals surface area contributed by atoms with E-state index in [0.717, 1.165) is 0 Å². The minimum Gasteiger partial charge on any atom is -0.313 e. The number of likely N-dealkylation sites (tertiary alicyclic amines) is 1. The molecule has 0 unspecified atom stereocenters. The zero-order valence-electron chi connectivity index (χ0n) is 7.64. The van der Waals surface area contributed by atoms with Gasteiger partial charge in [0.05, 0.1) is 0 Å². The van der Waals surface area contributed by atoms with E-state index < -0.39 is 0 Å². The molecule has 11 heavy (non-hydrogen) atoms. The van der Waals surface area contributed by atoms with Crippen LogP contribution < -0.4 is 5.32 Å². The highest BCUT2D eigenvalue weighted by atomic mass is 15.2. The molecule has 0 aromatic rings. The molecule has 1 heterocycles. The average molecular weight is 155 g/mol. The summed E-state index contributed by atoms with van der Waals surface area (Å²) >= 11 is 0. The predicted octanol–water partition coefficient (Wildman–Crippen LogP) is 1.24. The first-order valence-corrected chi connectivity index (χ1v) is 4.50. The molecule has 0 aromatic carbocycles. The molecule has 1 saturated heterocycles. The minimum atomic E-state index is 0.657. The van der Waals surface area contributed by atoms with E-state index in [9.17, 15) is 0 Å². The summed E-state index contributed by atoms with van der Waals surface area (Å²) in [5.74, 6) is 0. The van der Waals surface area contributed by atoms with Gasteiger partial charge >= 0.3 is 0 Å². The fourth-order valence-corrected chi connectivity index (χ4v) is 1.62. The first kappa shape index (κ1) is 9.01. The van der Waals surface area contributed by atoms with Crippen LogP contribution in [0.5, 0.6) is 0 Å². The van der Waals surface area contributed by atoms with Crippen LogP contribution in [0.15, 0.2) is 0 Å². The summed E-state index contributed by atoms with van der Waals surface area (Å²) in [7, 11) is 3.71. The molecular formula is C9H19N2. The quantitative estimate of drug-likeness (QED) is 0.645. The summed E-state index contributed by atoms with van der Waals surface area (Å²) in [6.07, 6.45) is 2.50. The molecule has 0 atom stereocenters. The van der Waals surface area contributed by atoms with E-state index in [-0.39, 0.29) is 0 Å². The second-order valence-electron chi connectivity index (χ2n) is 3.61. The van der Waals surface area contributed by atoms with Gasteiger partial charge in [0, 0.05) is 19.1 Å². The van der Waals surface area contributed by atoms with E-state index in [1.807, 2.05) is 0 Å². The lowest BCUT2D eigenvalue weighted by atomic mass is 10.0. The average Bonchev–Trinajstić information content (AvgIpc) is 2.05. The Kier molecular flexibility index (Phi) is 3.34. The van der Waals surface area contributed by atoms with E-state index in [2.05, 4.69) is 31.1 Å². The van der Waals surface area contributed by atoms with Crippen LogP contribution in [0.2, 0.25) is 0 Å². The van der Waals surface area contributed by atoms with Gasteiger partial charge in [-0.05, 0) is 39.8 Å². The van der Waals surface area contributed by atoms with Crippen LogP contribution in [0.4, 0.5) is 0 Å². The summed E-state index contributed by atoms with van der Waals surface area (Å²) in [6.45, 7) is 6.98. The first-order valence-electron chi connectivity index (χ1n) is 4.50. The molecule has 1 radical (unpaired) electrons. The van der Waals surface area contributed by atoms with Crippen LogP contribution in [0.1, 0.15) is 26.7 Å². The molecule has 1 aliphatic rings. The molecule has 0 aliphatic carbocycles. The molecule has 2 nitrogen and oxygen atoms in total. The Labute approximate surface area is 70.0 Å². The first-order chi connectivity index (χ1) is 5.24. The zero-order valence-corrected chi connectivity index (χ0v) is 7.64. The second kappa shape index (κ2) is 4.07. The van der Waals surface area contributed by atoms with Gasteiger partial charge in [0.25, 0.3) is 0 Å². The van der Waals surface area contributed by atoms with Crippen molar-refractivity contribution in [3.63, 3.8) is 0 Å². The second-order valence-corrected chi connectivity index (χ2v) is 3.61. The molecule has 1 fully saturated rings. The Morgan fingerprint density at radius 2 is 1.91 bits per heavy atom. The minimum absolute atomic E-state index is 0.657. The number of rotatable bonds is 2. The fraction of sp³-hybridized carbons (Fsp3) is 0.889. The molecule has 0 aromatic heterocycles. The molecule has 1 N–H and O–H groups in total. The van der Waals surface area contributed by atoms with E-state index >= 15 is 0 Å². The topological polar surface area (TPSA) is 15.3 Å². The number of piperidine rings is 1. The zero-order chi connectivity index (χ0) is 8.27. The SMILES string of the molecule is [CH2]NC1CCN(C(C)C)CC1. The predicted molar refractivity (Wildman–Crippen MR) is 48.2 cm³/mol. The lowest BCUT2D eigenvalue weighted by Gasteiger charge is -2.34. The number of hydrogen-bond acceptors (Lipinski definition) is 2. The van der Waals surface area contributed by atoms with E-state index in [1.165, 1.54) is 25.9 Å². The highest BCUT2D eigenvalue weighted by Crippen LogP contribution is 2.12. The molecular weight excluding hydrogens is 136 g/mol. The maximum absolute atomic E-state index is 3.71. The van der Waals surface area contributed by atoms with Crippen LogP contribution in [-0.4, -0.2) is 30.1 Å². The molecule has 1 rings (SSSR count). The largest absolute Gasteiger partial charge is 0.313 e. The van der Waals surface area contributed by atoms with Gasteiger partial charge in [0.2, 0.25) is 0 Å². The summed E-state index contributed by atoms with van der Waals surface area (Å²) in [5, 5.41) is 3.09. The molecule has 0 bridgehead atoms. The Hall–Kier alpha value is -0.0800. The monoisotopic (exact) mass is 155 g/mol. The van der Waals surface area contributed by atoms with Gasteiger partial charge in [-0.3, -0.25) is 0 Å². The Morgan fingerprint density at radius 1 is 1.36 bits per heavy atom. The van der Waals surface area contributed by atoms with Crippen LogP contribution in [0.25, 0.3) is 0 Å². The van der Waals surface area contributed by atoms with Gasteiger partial charge in [-0.15, -0.1) is 0 Å². The molecule has 2 heteroatoms. The Morgan fingerprint density at radius 3 is 2.27 bits per heavy atom. The van der Waals surface area contributed by atoms with Gasteiger partial charge in [0.1, 0.15) is 0 Å². The fourth-order valence-electron chi connectivity index (χ4n) is 1.62. The summed E-state index contributed by atoms with van der Waals surface area (Å²) in [5.41, 5.74) is 0. The molecule has 0 spiro atoms. The van der Waals surface area contributed by atoms with Crippen molar-refractivity contribution in [1.29, 1.82) is 0 Å². The maximum atomic E-state index is 3.71. The van der Waals surface area contributed by atoms with Gasteiger partial charge < -0.3 is 10.2 Å². The Balaban J connectivity index is 2.24. The number of hydrogen-bond donors (Lipinski definition) is 1. The van der Waals surface area contributed by atoms with Gasteiger partial charge in [-0.1, -0.05) is 0 Å². The van der Waals surface area contributed by atoms with Crippen LogP contribution in [-0.2, 0) is 0 Å². The van der Waals surface area contributed by atoms with E-state index in [0.29, 0.717) is 12.1 Å². The van der Waals surface area contributed by atoms with Gasteiger partial charge in [-0.2, -0.15) is 0 Å². The summed E-state index contributed by atoms with van der Waals surface area (Å²) < 4.78 is 0. The summed E-state index contributed by atoms with van der Waals surface area (Å²) in [4.78, 5) is 2.52. The summed E-state index contributed by atoms with van der Waals surface area (Å²) in [6, 6.07) is 1.37. The molecule has 0 saturated carbocycles. The molecule has 65 valence electrons. The van der Waals surface area contributed by atoms with Gasteiger partial charge in [0.15, 0.2) is 0 Å². The third-order valence-electron chi connectivity index (χ3n) is 2.55. The molecule has 0 amide bonds. The third kappa shape index (κ3) is 2.46. The van der Waals surface area contributed by atoms with Crippen LogP contribution >= 0.6 is 0 Å². The maximum Gasteiger partial charge on any atom is 0.00919 e. The highest BCUT2D eigenvalue weighted by molar-refractivity contribution is 4.78. The normalized spacial score (nSPS) is 22.9. The van der Waals surface area contributed by atoms with Crippen molar-refractivity contribution in [2.45, 2.75) is 38.8 Å². The van der Waals surface area contributed by atoms with Crippen molar-refractivity contribution in [2.75, 3.05) is 13.1 Å². The van der Waals surface area contributed by atoms with Crippen LogP contribution in [0, 0.1) is 7.05 Å². The number of nitrogens with zero attached hydrogens (tertiary/aromatic N) is 1.